The Bertz CT molecular complexity index is 110. The van der Waals surface area contributed by atoms with Crippen LogP contribution in [0.5, 0.6) is 0 Å². The second kappa shape index (κ2) is 5.87. The van der Waals surface area contributed by atoms with Gasteiger partial charge >= 0.3 is 0 Å². The lowest BCUT2D eigenvalue weighted by atomic mass is 10.00. The molecule has 1 aliphatic carbocycles. The summed E-state index contributed by atoms with van der Waals surface area (Å²) < 4.78 is 0. The number of rotatable bonds is 5. The van der Waals surface area contributed by atoms with Gasteiger partial charge < -0.3 is 5.73 Å². The van der Waals surface area contributed by atoms with Crippen molar-refractivity contribution >= 4 is 11.8 Å². The highest BCUT2D eigenvalue weighted by Crippen LogP contribution is 2.28. The van der Waals surface area contributed by atoms with E-state index < -0.39 is 0 Å². The Morgan fingerprint density at radius 2 is 2.08 bits per heavy atom. The molecule has 1 atom stereocenters. The first kappa shape index (κ1) is 10.4. The molecule has 0 aromatic heterocycles. The molecular formula is C10H21NS. The SMILES string of the molecule is CCSCC(N)CC1CCCC1. The molecule has 1 fully saturated rings. The maximum Gasteiger partial charge on any atom is 0.0133 e. The van der Waals surface area contributed by atoms with E-state index in [0.717, 1.165) is 11.7 Å². The van der Waals surface area contributed by atoms with E-state index in [-0.39, 0.29) is 0 Å². The highest BCUT2D eigenvalue weighted by atomic mass is 32.2. The van der Waals surface area contributed by atoms with Gasteiger partial charge in [0.1, 0.15) is 0 Å². The molecule has 1 saturated carbocycles. The summed E-state index contributed by atoms with van der Waals surface area (Å²) in [4.78, 5) is 0. The molecule has 0 bridgehead atoms. The summed E-state index contributed by atoms with van der Waals surface area (Å²) in [7, 11) is 0. The lowest BCUT2D eigenvalue weighted by Gasteiger charge is -2.15. The average molecular weight is 187 g/mol. The molecule has 1 nitrogen and oxygen atoms in total. The fourth-order valence-electron chi connectivity index (χ4n) is 2.01. The van der Waals surface area contributed by atoms with E-state index in [9.17, 15) is 0 Å². The van der Waals surface area contributed by atoms with Crippen molar-refractivity contribution in [3.63, 3.8) is 0 Å². The first-order valence-corrected chi connectivity index (χ1v) is 6.31. The van der Waals surface area contributed by atoms with E-state index in [2.05, 4.69) is 6.92 Å². The smallest absolute Gasteiger partial charge is 0.0133 e. The standard InChI is InChI=1S/C10H21NS/c1-2-12-8-10(11)7-9-5-3-4-6-9/h9-10H,2-8,11H2,1H3. The molecule has 1 rings (SSSR count). The Labute approximate surface area is 80.5 Å². The largest absolute Gasteiger partial charge is 0.327 e. The van der Waals surface area contributed by atoms with Gasteiger partial charge in [-0.3, -0.25) is 0 Å². The van der Waals surface area contributed by atoms with Gasteiger partial charge in [0.15, 0.2) is 0 Å². The van der Waals surface area contributed by atoms with E-state index in [0.29, 0.717) is 6.04 Å². The summed E-state index contributed by atoms with van der Waals surface area (Å²) in [5, 5.41) is 0. The number of nitrogens with two attached hydrogens (primary N) is 1. The van der Waals surface area contributed by atoms with Gasteiger partial charge in [-0.25, -0.2) is 0 Å². The summed E-state index contributed by atoms with van der Waals surface area (Å²) >= 11 is 1.97. The zero-order chi connectivity index (χ0) is 8.81. The minimum Gasteiger partial charge on any atom is -0.327 e. The van der Waals surface area contributed by atoms with Crippen LogP contribution in [0.1, 0.15) is 39.0 Å². The van der Waals surface area contributed by atoms with E-state index >= 15 is 0 Å². The molecule has 0 aromatic rings. The van der Waals surface area contributed by atoms with Gasteiger partial charge in [0.25, 0.3) is 0 Å². The molecule has 1 aliphatic rings. The Balaban J connectivity index is 2.03. The first-order chi connectivity index (χ1) is 5.83. The molecule has 12 heavy (non-hydrogen) atoms. The highest BCUT2D eigenvalue weighted by molar-refractivity contribution is 7.99. The summed E-state index contributed by atoms with van der Waals surface area (Å²) in [6, 6.07) is 0.457. The minimum atomic E-state index is 0.457. The Kier molecular flexibility index (Phi) is 5.08. The Hall–Kier alpha value is 0.310. The van der Waals surface area contributed by atoms with E-state index in [1.165, 1.54) is 37.9 Å². The van der Waals surface area contributed by atoms with Crippen LogP contribution >= 0.6 is 11.8 Å². The lowest BCUT2D eigenvalue weighted by Crippen LogP contribution is -2.25. The molecule has 0 aromatic carbocycles. The van der Waals surface area contributed by atoms with Crippen LogP contribution in [0.25, 0.3) is 0 Å². The molecule has 0 aliphatic heterocycles. The van der Waals surface area contributed by atoms with Crippen molar-refractivity contribution in [1.29, 1.82) is 0 Å². The van der Waals surface area contributed by atoms with Gasteiger partial charge in [0, 0.05) is 11.8 Å². The number of thioether (sulfide) groups is 1. The fraction of sp³-hybridized carbons (Fsp3) is 1.00. The van der Waals surface area contributed by atoms with Gasteiger partial charge in [0.05, 0.1) is 0 Å². The van der Waals surface area contributed by atoms with Crippen molar-refractivity contribution in [2.24, 2.45) is 11.7 Å². The number of hydrogen-bond donors (Lipinski definition) is 1. The van der Waals surface area contributed by atoms with Crippen LogP contribution in [0.2, 0.25) is 0 Å². The maximum atomic E-state index is 6.02. The zero-order valence-electron chi connectivity index (χ0n) is 8.09. The van der Waals surface area contributed by atoms with Crippen molar-refractivity contribution in [3.8, 4) is 0 Å². The van der Waals surface area contributed by atoms with Crippen LogP contribution in [0.15, 0.2) is 0 Å². The quantitative estimate of drug-likeness (QED) is 0.716. The predicted molar refractivity (Wildman–Crippen MR) is 57.5 cm³/mol. The van der Waals surface area contributed by atoms with Crippen LogP contribution in [-0.4, -0.2) is 17.5 Å². The van der Waals surface area contributed by atoms with Crippen LogP contribution in [-0.2, 0) is 0 Å². The molecule has 2 N–H and O–H groups in total. The molecule has 0 heterocycles. The minimum absolute atomic E-state index is 0.457. The normalized spacial score (nSPS) is 21.5. The zero-order valence-corrected chi connectivity index (χ0v) is 8.91. The fourth-order valence-corrected chi connectivity index (χ4v) is 2.69. The molecule has 0 saturated heterocycles. The van der Waals surface area contributed by atoms with Crippen molar-refractivity contribution < 1.29 is 0 Å². The molecule has 2 heteroatoms. The third kappa shape index (κ3) is 3.81. The third-order valence-electron chi connectivity index (χ3n) is 2.65. The molecule has 0 radical (unpaired) electrons. The molecule has 0 amide bonds. The van der Waals surface area contributed by atoms with Gasteiger partial charge in [-0.1, -0.05) is 32.6 Å². The lowest BCUT2D eigenvalue weighted by molar-refractivity contribution is 0.462. The second-order valence-corrected chi connectivity index (χ2v) is 5.12. The molecule has 72 valence electrons. The van der Waals surface area contributed by atoms with Crippen molar-refractivity contribution in [2.75, 3.05) is 11.5 Å². The summed E-state index contributed by atoms with van der Waals surface area (Å²) in [5.74, 6) is 3.32. The first-order valence-electron chi connectivity index (χ1n) is 5.16. The van der Waals surface area contributed by atoms with Gasteiger partial charge in [-0.2, -0.15) is 11.8 Å². The topological polar surface area (TPSA) is 26.0 Å². The van der Waals surface area contributed by atoms with Crippen molar-refractivity contribution in [1.82, 2.24) is 0 Å². The van der Waals surface area contributed by atoms with Crippen LogP contribution in [0, 0.1) is 5.92 Å². The average Bonchev–Trinajstić information content (AvgIpc) is 2.53. The summed E-state index contributed by atoms with van der Waals surface area (Å²) in [6.07, 6.45) is 7.03. The van der Waals surface area contributed by atoms with E-state index in [1.54, 1.807) is 0 Å². The van der Waals surface area contributed by atoms with Crippen LogP contribution in [0.3, 0.4) is 0 Å². The molecule has 0 spiro atoms. The van der Waals surface area contributed by atoms with Crippen molar-refractivity contribution in [2.45, 2.75) is 45.1 Å². The third-order valence-corrected chi connectivity index (χ3v) is 3.72. The second-order valence-electron chi connectivity index (χ2n) is 3.81. The van der Waals surface area contributed by atoms with E-state index in [1.807, 2.05) is 11.8 Å². The van der Waals surface area contributed by atoms with Gasteiger partial charge in [-0.15, -0.1) is 0 Å². The highest BCUT2D eigenvalue weighted by Gasteiger charge is 2.17. The van der Waals surface area contributed by atoms with E-state index in [4.69, 9.17) is 5.73 Å². The van der Waals surface area contributed by atoms with Crippen LogP contribution < -0.4 is 5.73 Å². The van der Waals surface area contributed by atoms with Crippen LogP contribution in [0.4, 0.5) is 0 Å². The number of hydrogen-bond acceptors (Lipinski definition) is 2. The molecule has 1 unspecified atom stereocenters. The predicted octanol–water partition coefficient (Wildman–Crippen LogP) is 2.65. The monoisotopic (exact) mass is 187 g/mol. The van der Waals surface area contributed by atoms with Crippen molar-refractivity contribution in [3.05, 3.63) is 0 Å². The maximum absolute atomic E-state index is 6.02. The van der Waals surface area contributed by atoms with Gasteiger partial charge in [0.2, 0.25) is 0 Å². The van der Waals surface area contributed by atoms with Gasteiger partial charge in [-0.05, 0) is 18.1 Å². The Morgan fingerprint density at radius 1 is 1.42 bits per heavy atom. The molecular weight excluding hydrogens is 166 g/mol. The Morgan fingerprint density at radius 3 is 2.67 bits per heavy atom. The summed E-state index contributed by atoms with van der Waals surface area (Å²) in [5.41, 5.74) is 6.02. The summed E-state index contributed by atoms with van der Waals surface area (Å²) in [6.45, 7) is 2.20.